The van der Waals surface area contributed by atoms with Gasteiger partial charge in [0.25, 0.3) is 0 Å². The third kappa shape index (κ3) is 6.47. The molecule has 6 nitrogen and oxygen atoms in total. The maximum atomic E-state index is 5.99. The van der Waals surface area contributed by atoms with Gasteiger partial charge in [0.05, 0.1) is 18.9 Å². The fourth-order valence-electron chi connectivity index (χ4n) is 2.77. The lowest BCUT2D eigenvalue weighted by molar-refractivity contribution is 0.232. The monoisotopic (exact) mass is 393 g/mol. The smallest absolute Gasteiger partial charge is 0.213 e. The Morgan fingerprint density at radius 2 is 1.90 bits per heavy atom. The molecule has 152 valence electrons. The molecule has 0 aliphatic heterocycles. The van der Waals surface area contributed by atoms with E-state index in [1.807, 2.05) is 68.6 Å². The molecule has 1 N–H and O–H groups in total. The van der Waals surface area contributed by atoms with Crippen LogP contribution in [0.2, 0.25) is 0 Å². The molecular weight excluding hydrogens is 366 g/mol. The average Bonchev–Trinajstić information content (AvgIpc) is 2.74. The van der Waals surface area contributed by atoms with Crippen molar-refractivity contribution in [2.45, 2.75) is 39.6 Å². The number of hydrogen-bond acceptors (Lipinski definition) is 6. The lowest BCUT2D eigenvalue weighted by Gasteiger charge is -2.14. The molecular formula is C23H27N3O3. The van der Waals surface area contributed by atoms with Crippen molar-refractivity contribution in [1.29, 1.82) is 0 Å². The summed E-state index contributed by atoms with van der Waals surface area (Å²) in [4.78, 5) is 8.64. The minimum Gasteiger partial charge on any atom is -0.497 e. The van der Waals surface area contributed by atoms with Crippen molar-refractivity contribution in [3.63, 3.8) is 0 Å². The standard InChI is InChI=1S/C23H27N3O3/c1-17(2)29-23-10-7-18(14-26-23)13-24-15-19-12-21(27-3)8-9-22(19)28-16-20-6-4-5-11-25-20/h4-12,14,17,24H,13,15-16H2,1-3H3. The summed E-state index contributed by atoms with van der Waals surface area (Å²) in [5.41, 5.74) is 2.99. The van der Waals surface area contributed by atoms with Crippen LogP contribution in [-0.4, -0.2) is 23.2 Å². The summed E-state index contributed by atoms with van der Waals surface area (Å²) in [5.74, 6) is 2.24. The summed E-state index contributed by atoms with van der Waals surface area (Å²) in [7, 11) is 1.66. The molecule has 0 atom stereocenters. The molecule has 0 aliphatic carbocycles. The number of nitrogens with one attached hydrogen (secondary N) is 1. The molecule has 0 aliphatic rings. The zero-order valence-electron chi connectivity index (χ0n) is 17.1. The molecule has 6 heteroatoms. The SMILES string of the molecule is COc1ccc(OCc2ccccn2)c(CNCc2ccc(OC(C)C)nc2)c1. The van der Waals surface area contributed by atoms with Crippen molar-refractivity contribution in [3.05, 3.63) is 77.7 Å². The topological polar surface area (TPSA) is 65.5 Å². The fraction of sp³-hybridized carbons (Fsp3) is 0.304. The van der Waals surface area contributed by atoms with Gasteiger partial charge in [-0.3, -0.25) is 4.98 Å². The minimum absolute atomic E-state index is 0.115. The van der Waals surface area contributed by atoms with E-state index < -0.39 is 0 Å². The summed E-state index contributed by atoms with van der Waals surface area (Å²) in [5, 5.41) is 3.44. The van der Waals surface area contributed by atoms with Gasteiger partial charge in [-0.1, -0.05) is 12.1 Å². The number of nitrogens with zero attached hydrogens (tertiary/aromatic N) is 2. The summed E-state index contributed by atoms with van der Waals surface area (Å²) in [6, 6.07) is 15.5. The molecule has 2 heterocycles. The van der Waals surface area contributed by atoms with Gasteiger partial charge in [0.2, 0.25) is 5.88 Å². The Bertz CT molecular complexity index is 884. The molecule has 0 amide bonds. The number of rotatable bonds is 10. The number of pyridine rings is 2. The Balaban J connectivity index is 1.59. The van der Waals surface area contributed by atoms with E-state index >= 15 is 0 Å². The molecule has 0 saturated carbocycles. The van der Waals surface area contributed by atoms with Crippen LogP contribution in [0.15, 0.2) is 60.9 Å². The number of ether oxygens (including phenoxy) is 3. The van der Waals surface area contributed by atoms with Crippen molar-refractivity contribution in [1.82, 2.24) is 15.3 Å². The van der Waals surface area contributed by atoms with Crippen LogP contribution in [0.1, 0.15) is 30.7 Å². The van der Waals surface area contributed by atoms with Crippen LogP contribution < -0.4 is 19.5 Å². The lowest BCUT2D eigenvalue weighted by Crippen LogP contribution is -2.14. The highest BCUT2D eigenvalue weighted by atomic mass is 16.5. The Kier molecular flexibility index (Phi) is 7.41. The first kappa shape index (κ1) is 20.6. The second-order valence-electron chi connectivity index (χ2n) is 6.86. The van der Waals surface area contributed by atoms with Crippen LogP contribution in [0.3, 0.4) is 0 Å². The molecule has 29 heavy (non-hydrogen) atoms. The highest BCUT2D eigenvalue weighted by molar-refractivity contribution is 5.40. The summed E-state index contributed by atoms with van der Waals surface area (Å²) < 4.78 is 16.9. The Morgan fingerprint density at radius 3 is 2.59 bits per heavy atom. The van der Waals surface area contributed by atoms with E-state index in [9.17, 15) is 0 Å². The van der Waals surface area contributed by atoms with E-state index in [4.69, 9.17) is 14.2 Å². The van der Waals surface area contributed by atoms with E-state index in [0.29, 0.717) is 25.6 Å². The minimum atomic E-state index is 0.115. The van der Waals surface area contributed by atoms with E-state index in [0.717, 1.165) is 28.3 Å². The number of benzene rings is 1. The Labute approximate surface area is 171 Å². The van der Waals surface area contributed by atoms with Crippen molar-refractivity contribution in [2.24, 2.45) is 0 Å². The van der Waals surface area contributed by atoms with Crippen molar-refractivity contribution < 1.29 is 14.2 Å². The van der Waals surface area contributed by atoms with Gasteiger partial charge in [0.15, 0.2) is 0 Å². The van der Waals surface area contributed by atoms with Gasteiger partial charge in [-0.2, -0.15) is 0 Å². The number of methoxy groups -OCH3 is 1. The summed E-state index contributed by atoms with van der Waals surface area (Å²) in [6.07, 6.45) is 3.71. The van der Waals surface area contributed by atoms with Crippen LogP contribution >= 0.6 is 0 Å². The van der Waals surface area contributed by atoms with Crippen molar-refractivity contribution in [3.8, 4) is 17.4 Å². The van der Waals surface area contributed by atoms with E-state index in [2.05, 4.69) is 15.3 Å². The second-order valence-corrected chi connectivity index (χ2v) is 6.86. The summed E-state index contributed by atoms with van der Waals surface area (Å²) in [6.45, 7) is 5.71. The average molecular weight is 393 g/mol. The predicted molar refractivity (Wildman–Crippen MR) is 112 cm³/mol. The van der Waals surface area contributed by atoms with Gasteiger partial charge >= 0.3 is 0 Å². The third-order valence-corrected chi connectivity index (χ3v) is 4.17. The Hall–Kier alpha value is -3.12. The molecule has 0 bridgehead atoms. The van der Waals surface area contributed by atoms with Gasteiger partial charge in [-0.25, -0.2) is 4.98 Å². The van der Waals surface area contributed by atoms with E-state index in [-0.39, 0.29) is 6.10 Å². The van der Waals surface area contributed by atoms with Crippen molar-refractivity contribution in [2.75, 3.05) is 7.11 Å². The first-order valence-electron chi connectivity index (χ1n) is 9.66. The molecule has 1 aromatic carbocycles. The van der Waals surface area contributed by atoms with Crippen LogP contribution in [0, 0.1) is 0 Å². The second kappa shape index (κ2) is 10.4. The largest absolute Gasteiger partial charge is 0.497 e. The lowest BCUT2D eigenvalue weighted by atomic mass is 10.1. The molecule has 0 spiro atoms. The molecule has 0 saturated heterocycles. The molecule has 2 aromatic heterocycles. The van der Waals surface area contributed by atoms with Gasteiger partial charge < -0.3 is 19.5 Å². The van der Waals surface area contributed by atoms with Crippen molar-refractivity contribution >= 4 is 0 Å². The third-order valence-electron chi connectivity index (χ3n) is 4.17. The highest BCUT2D eigenvalue weighted by Gasteiger charge is 2.07. The predicted octanol–water partition coefficient (Wildman–Crippen LogP) is 4.14. The fourth-order valence-corrected chi connectivity index (χ4v) is 2.77. The van der Waals surface area contributed by atoms with Gasteiger partial charge in [0, 0.05) is 37.1 Å². The maximum absolute atomic E-state index is 5.99. The van der Waals surface area contributed by atoms with Gasteiger partial charge in [-0.15, -0.1) is 0 Å². The van der Waals surface area contributed by atoms with Crippen LogP contribution in [0.25, 0.3) is 0 Å². The molecule has 0 fully saturated rings. The number of hydrogen-bond donors (Lipinski definition) is 1. The molecule has 3 rings (SSSR count). The first-order chi connectivity index (χ1) is 14.1. The maximum Gasteiger partial charge on any atom is 0.213 e. The zero-order valence-corrected chi connectivity index (χ0v) is 17.1. The molecule has 3 aromatic rings. The van der Waals surface area contributed by atoms with Crippen LogP contribution in [-0.2, 0) is 19.7 Å². The first-order valence-corrected chi connectivity index (χ1v) is 9.66. The van der Waals surface area contributed by atoms with Gasteiger partial charge in [-0.05, 0) is 49.7 Å². The molecule has 0 unspecified atom stereocenters. The van der Waals surface area contributed by atoms with E-state index in [1.165, 1.54) is 0 Å². The quantitative estimate of drug-likeness (QED) is 0.558. The summed E-state index contributed by atoms with van der Waals surface area (Å²) >= 11 is 0. The normalized spacial score (nSPS) is 10.8. The zero-order chi connectivity index (χ0) is 20.5. The van der Waals surface area contributed by atoms with Crippen LogP contribution in [0.4, 0.5) is 0 Å². The Morgan fingerprint density at radius 1 is 1.00 bits per heavy atom. The highest BCUT2D eigenvalue weighted by Crippen LogP contribution is 2.25. The van der Waals surface area contributed by atoms with E-state index in [1.54, 1.807) is 13.3 Å². The van der Waals surface area contributed by atoms with Gasteiger partial charge in [0.1, 0.15) is 18.1 Å². The molecule has 0 radical (unpaired) electrons. The number of aromatic nitrogens is 2. The van der Waals surface area contributed by atoms with Crippen LogP contribution in [0.5, 0.6) is 17.4 Å².